The van der Waals surface area contributed by atoms with Crippen LogP contribution in [0.5, 0.6) is 5.75 Å². The molecular weight excluding hydrogens is 322 g/mol. The molecular formula is C16H14ClNO5. The number of methoxy groups -OCH3 is 1. The van der Waals surface area contributed by atoms with E-state index >= 15 is 0 Å². The fourth-order valence-corrected chi connectivity index (χ4v) is 2.14. The van der Waals surface area contributed by atoms with Gasteiger partial charge in [-0.1, -0.05) is 41.9 Å². The number of hydrogen-bond acceptors (Lipinski definition) is 4. The summed E-state index contributed by atoms with van der Waals surface area (Å²) in [5, 5.41) is 11.9. The van der Waals surface area contributed by atoms with Gasteiger partial charge in [-0.05, 0) is 17.7 Å². The van der Waals surface area contributed by atoms with E-state index in [4.69, 9.17) is 21.1 Å². The molecule has 0 bridgehead atoms. The predicted octanol–water partition coefficient (Wildman–Crippen LogP) is 3.80. The first-order valence-corrected chi connectivity index (χ1v) is 6.97. The lowest BCUT2D eigenvalue weighted by Gasteiger charge is -2.13. The number of carboxylic acid groups (broad SMARTS) is 1. The maximum absolute atomic E-state index is 11.9. The predicted molar refractivity (Wildman–Crippen MR) is 85.2 cm³/mol. The van der Waals surface area contributed by atoms with Gasteiger partial charge in [0.1, 0.15) is 17.9 Å². The normalized spacial score (nSPS) is 10.0. The molecule has 6 nitrogen and oxygen atoms in total. The number of hydrogen-bond donors (Lipinski definition) is 2. The Morgan fingerprint density at radius 3 is 2.52 bits per heavy atom. The highest BCUT2D eigenvalue weighted by Crippen LogP contribution is 2.31. The minimum atomic E-state index is -1.25. The quantitative estimate of drug-likeness (QED) is 0.868. The summed E-state index contributed by atoms with van der Waals surface area (Å²) in [6.45, 7) is 0.0623. The van der Waals surface area contributed by atoms with Crippen LogP contribution in [0.2, 0.25) is 5.02 Å². The summed E-state index contributed by atoms with van der Waals surface area (Å²) < 4.78 is 10.0. The average molecular weight is 336 g/mol. The number of aromatic carboxylic acids is 1. The first-order chi connectivity index (χ1) is 11.0. The van der Waals surface area contributed by atoms with E-state index in [0.717, 1.165) is 5.56 Å². The molecule has 0 aliphatic heterocycles. The van der Waals surface area contributed by atoms with Gasteiger partial charge in [0.05, 0.1) is 12.8 Å². The minimum Gasteiger partial charge on any atom is -0.496 e. The van der Waals surface area contributed by atoms with Crippen LogP contribution in [0.4, 0.5) is 10.5 Å². The van der Waals surface area contributed by atoms with Gasteiger partial charge in [0.2, 0.25) is 0 Å². The van der Waals surface area contributed by atoms with Crippen LogP contribution in [0.25, 0.3) is 0 Å². The second-order valence-electron chi connectivity index (χ2n) is 4.52. The Morgan fingerprint density at radius 1 is 1.22 bits per heavy atom. The van der Waals surface area contributed by atoms with E-state index in [2.05, 4.69) is 5.32 Å². The van der Waals surface area contributed by atoms with E-state index < -0.39 is 12.1 Å². The molecule has 0 saturated heterocycles. The lowest BCUT2D eigenvalue weighted by atomic mass is 10.1. The van der Waals surface area contributed by atoms with Crippen molar-refractivity contribution in [2.24, 2.45) is 0 Å². The van der Waals surface area contributed by atoms with Crippen molar-refractivity contribution in [2.45, 2.75) is 6.61 Å². The zero-order valence-electron chi connectivity index (χ0n) is 12.2. The fraction of sp³-hybridized carbons (Fsp3) is 0.125. The summed E-state index contributed by atoms with van der Waals surface area (Å²) in [6, 6.07) is 11.8. The molecule has 7 heteroatoms. The lowest BCUT2D eigenvalue weighted by molar-refractivity contribution is 0.0694. The Bertz CT molecular complexity index is 718. The highest BCUT2D eigenvalue weighted by atomic mass is 35.5. The summed E-state index contributed by atoms with van der Waals surface area (Å²) in [5.74, 6) is -1.21. The zero-order valence-corrected chi connectivity index (χ0v) is 13.0. The van der Waals surface area contributed by atoms with Gasteiger partial charge in [-0.15, -0.1) is 0 Å². The summed E-state index contributed by atoms with van der Waals surface area (Å²) >= 11 is 5.90. The lowest BCUT2D eigenvalue weighted by Crippen LogP contribution is -2.16. The molecule has 0 radical (unpaired) electrons. The van der Waals surface area contributed by atoms with Crippen molar-refractivity contribution in [3.8, 4) is 5.75 Å². The fourth-order valence-electron chi connectivity index (χ4n) is 1.93. The van der Waals surface area contributed by atoms with Gasteiger partial charge in [-0.25, -0.2) is 9.59 Å². The molecule has 0 aliphatic rings. The van der Waals surface area contributed by atoms with Gasteiger partial charge in [-0.2, -0.15) is 0 Å². The third kappa shape index (κ3) is 4.37. The number of benzene rings is 2. The van der Waals surface area contributed by atoms with Crippen LogP contribution in [0.15, 0.2) is 42.5 Å². The molecule has 0 fully saturated rings. The molecule has 0 heterocycles. The van der Waals surface area contributed by atoms with Crippen molar-refractivity contribution in [1.82, 2.24) is 0 Å². The molecule has 23 heavy (non-hydrogen) atoms. The van der Waals surface area contributed by atoms with Gasteiger partial charge >= 0.3 is 12.1 Å². The molecule has 2 aromatic carbocycles. The number of nitrogens with one attached hydrogen (secondary N) is 1. The number of anilines is 1. The summed E-state index contributed by atoms with van der Waals surface area (Å²) in [5.41, 5.74) is 0.609. The number of halogens is 1. The molecule has 0 atom stereocenters. The molecule has 0 unspecified atom stereocenters. The van der Waals surface area contributed by atoms with Crippen molar-refractivity contribution >= 4 is 29.4 Å². The third-order valence-corrected chi connectivity index (χ3v) is 3.17. The van der Waals surface area contributed by atoms with Crippen LogP contribution in [-0.2, 0) is 11.3 Å². The topological polar surface area (TPSA) is 84.9 Å². The molecule has 0 spiro atoms. The van der Waals surface area contributed by atoms with Gasteiger partial charge in [0, 0.05) is 5.02 Å². The maximum Gasteiger partial charge on any atom is 0.411 e. The van der Waals surface area contributed by atoms with Crippen LogP contribution in [0.3, 0.4) is 0 Å². The van der Waals surface area contributed by atoms with Crippen molar-refractivity contribution < 1.29 is 24.2 Å². The summed E-state index contributed by atoms with van der Waals surface area (Å²) in [4.78, 5) is 23.2. The van der Waals surface area contributed by atoms with Crippen molar-refractivity contribution in [3.63, 3.8) is 0 Å². The Kier molecular flexibility index (Phi) is 5.43. The standard InChI is InChI=1S/C16H14ClNO5/c1-22-13-8-11(17)7-12(14(13)15(19)20)18-16(21)23-9-10-5-3-2-4-6-10/h2-8H,9H2,1H3,(H,18,21)(H,19,20). The van der Waals surface area contributed by atoms with Crippen LogP contribution >= 0.6 is 11.6 Å². The molecule has 0 saturated carbocycles. The zero-order chi connectivity index (χ0) is 16.8. The van der Waals surface area contributed by atoms with Crippen LogP contribution in [0, 0.1) is 0 Å². The summed E-state index contributed by atoms with van der Waals surface area (Å²) in [6.07, 6.45) is -0.791. The van der Waals surface area contributed by atoms with E-state index in [0.29, 0.717) is 0 Å². The minimum absolute atomic E-state index is 0.0000818. The van der Waals surface area contributed by atoms with E-state index in [1.54, 1.807) is 12.1 Å². The number of carbonyl (C=O) groups excluding carboxylic acids is 1. The largest absolute Gasteiger partial charge is 0.496 e. The molecule has 0 aromatic heterocycles. The molecule has 0 aliphatic carbocycles. The van der Waals surface area contributed by atoms with Gasteiger partial charge in [0.15, 0.2) is 0 Å². The molecule has 1 amide bonds. The highest BCUT2D eigenvalue weighted by molar-refractivity contribution is 6.31. The van der Waals surface area contributed by atoms with E-state index in [1.165, 1.54) is 19.2 Å². The smallest absolute Gasteiger partial charge is 0.411 e. The van der Waals surface area contributed by atoms with Crippen molar-refractivity contribution in [2.75, 3.05) is 12.4 Å². The van der Waals surface area contributed by atoms with Crippen molar-refractivity contribution in [1.29, 1.82) is 0 Å². The Balaban J connectivity index is 2.14. The number of amides is 1. The third-order valence-electron chi connectivity index (χ3n) is 2.95. The average Bonchev–Trinajstić information content (AvgIpc) is 2.52. The first-order valence-electron chi connectivity index (χ1n) is 6.59. The number of ether oxygens (including phenoxy) is 2. The van der Waals surface area contributed by atoms with Crippen LogP contribution in [-0.4, -0.2) is 24.3 Å². The molecule has 2 rings (SSSR count). The SMILES string of the molecule is COc1cc(Cl)cc(NC(=O)OCc2ccccc2)c1C(=O)O. The van der Waals surface area contributed by atoms with E-state index in [9.17, 15) is 14.7 Å². The van der Waals surface area contributed by atoms with E-state index in [-0.39, 0.29) is 28.6 Å². The number of carbonyl (C=O) groups is 2. The van der Waals surface area contributed by atoms with Crippen molar-refractivity contribution in [3.05, 3.63) is 58.6 Å². The number of rotatable bonds is 5. The molecule has 2 aromatic rings. The van der Waals surface area contributed by atoms with Crippen LogP contribution in [0.1, 0.15) is 15.9 Å². The molecule has 120 valence electrons. The Morgan fingerprint density at radius 2 is 1.91 bits per heavy atom. The monoisotopic (exact) mass is 335 g/mol. The van der Waals surface area contributed by atoms with Gasteiger partial charge in [-0.3, -0.25) is 5.32 Å². The van der Waals surface area contributed by atoms with E-state index in [1.807, 2.05) is 18.2 Å². The van der Waals surface area contributed by atoms with Gasteiger partial charge in [0.25, 0.3) is 0 Å². The van der Waals surface area contributed by atoms with Gasteiger partial charge < -0.3 is 14.6 Å². The second kappa shape index (κ2) is 7.51. The first kappa shape index (κ1) is 16.6. The highest BCUT2D eigenvalue weighted by Gasteiger charge is 2.20. The summed E-state index contributed by atoms with van der Waals surface area (Å²) in [7, 11) is 1.32. The molecule has 2 N–H and O–H groups in total. The maximum atomic E-state index is 11.9. The Hall–Kier alpha value is -2.73. The second-order valence-corrected chi connectivity index (χ2v) is 4.96. The Labute approximate surface area is 137 Å². The number of carboxylic acids is 1. The van der Waals surface area contributed by atoms with Crippen LogP contribution < -0.4 is 10.1 Å².